The van der Waals surface area contributed by atoms with Gasteiger partial charge in [0.05, 0.1) is 7.11 Å². The summed E-state index contributed by atoms with van der Waals surface area (Å²) in [6.07, 6.45) is 1.19. The minimum absolute atomic E-state index is 0.227. The Kier molecular flexibility index (Phi) is 6.14. The number of ether oxygens (including phenoxy) is 2. The summed E-state index contributed by atoms with van der Waals surface area (Å²) in [5.41, 5.74) is 0. The fourth-order valence-electron chi connectivity index (χ4n) is 1.33. The number of aliphatic hydroxyl groups is 1. The Labute approximate surface area is 102 Å². The van der Waals surface area contributed by atoms with Crippen LogP contribution in [0.2, 0.25) is 0 Å². The largest absolute Gasteiger partial charge is 0.493 e. The lowest BCUT2D eigenvalue weighted by Gasteiger charge is -2.14. The Balaban J connectivity index is 2.36. The van der Waals surface area contributed by atoms with Crippen LogP contribution in [-0.2, 0) is 0 Å². The van der Waals surface area contributed by atoms with Crippen LogP contribution < -0.4 is 14.8 Å². The van der Waals surface area contributed by atoms with Gasteiger partial charge in [-0.25, -0.2) is 0 Å². The van der Waals surface area contributed by atoms with Crippen LogP contribution in [0.1, 0.15) is 0 Å². The zero-order chi connectivity index (χ0) is 12.5. The van der Waals surface area contributed by atoms with Crippen molar-refractivity contribution in [3.05, 3.63) is 36.9 Å². The number of benzene rings is 1. The lowest BCUT2D eigenvalue weighted by molar-refractivity contribution is 0.105. The van der Waals surface area contributed by atoms with Gasteiger partial charge in [-0.3, -0.25) is 0 Å². The van der Waals surface area contributed by atoms with Gasteiger partial charge in [0.15, 0.2) is 11.5 Å². The third-order valence-corrected chi connectivity index (χ3v) is 2.17. The molecule has 0 amide bonds. The number of aliphatic hydroxyl groups excluding tert-OH is 1. The van der Waals surface area contributed by atoms with E-state index < -0.39 is 6.10 Å². The molecule has 94 valence electrons. The average molecular weight is 237 g/mol. The molecule has 0 aromatic heterocycles. The smallest absolute Gasteiger partial charge is 0.161 e. The van der Waals surface area contributed by atoms with Crippen molar-refractivity contribution in [3.63, 3.8) is 0 Å². The van der Waals surface area contributed by atoms with Crippen molar-refractivity contribution in [2.45, 2.75) is 6.10 Å². The van der Waals surface area contributed by atoms with E-state index in [4.69, 9.17) is 9.47 Å². The highest BCUT2D eigenvalue weighted by Gasteiger charge is 2.07. The predicted octanol–water partition coefficient (Wildman–Crippen LogP) is 1.21. The fourth-order valence-corrected chi connectivity index (χ4v) is 1.33. The second-order valence-corrected chi connectivity index (χ2v) is 3.56. The maximum absolute atomic E-state index is 9.64. The Morgan fingerprint density at radius 2 is 2.12 bits per heavy atom. The molecular weight excluding hydrogens is 218 g/mol. The number of hydrogen-bond acceptors (Lipinski definition) is 4. The van der Waals surface area contributed by atoms with Crippen molar-refractivity contribution in [1.82, 2.24) is 5.32 Å². The van der Waals surface area contributed by atoms with Crippen LogP contribution in [0.3, 0.4) is 0 Å². The summed E-state index contributed by atoms with van der Waals surface area (Å²) in [6.45, 7) is 4.95. The molecule has 1 aromatic carbocycles. The monoisotopic (exact) mass is 237 g/mol. The molecule has 1 rings (SSSR count). The van der Waals surface area contributed by atoms with Crippen molar-refractivity contribution >= 4 is 0 Å². The third kappa shape index (κ3) is 4.89. The van der Waals surface area contributed by atoms with Crippen LogP contribution in [0.4, 0.5) is 0 Å². The molecule has 0 aliphatic heterocycles. The first-order valence-electron chi connectivity index (χ1n) is 5.53. The van der Waals surface area contributed by atoms with Gasteiger partial charge < -0.3 is 19.9 Å². The Morgan fingerprint density at radius 3 is 2.76 bits per heavy atom. The molecular formula is C13H19NO3. The van der Waals surface area contributed by atoms with E-state index in [1.165, 1.54) is 0 Å². The van der Waals surface area contributed by atoms with E-state index in [-0.39, 0.29) is 6.61 Å². The normalized spacial score (nSPS) is 11.9. The SMILES string of the molecule is C=CCNCC(O)COc1ccccc1OC. The van der Waals surface area contributed by atoms with E-state index in [2.05, 4.69) is 11.9 Å². The van der Waals surface area contributed by atoms with Crippen LogP contribution >= 0.6 is 0 Å². The number of nitrogens with one attached hydrogen (secondary N) is 1. The standard InChI is InChI=1S/C13H19NO3/c1-3-8-14-9-11(15)10-17-13-7-5-4-6-12(13)16-2/h3-7,11,14-15H,1,8-10H2,2H3. The van der Waals surface area contributed by atoms with Crippen LogP contribution in [-0.4, -0.2) is 38.0 Å². The first-order chi connectivity index (χ1) is 8.27. The Bertz CT molecular complexity index is 341. The van der Waals surface area contributed by atoms with Crippen molar-refractivity contribution in [1.29, 1.82) is 0 Å². The summed E-state index contributed by atoms with van der Waals surface area (Å²) in [6, 6.07) is 7.36. The van der Waals surface area contributed by atoms with Gasteiger partial charge in [0, 0.05) is 13.1 Å². The highest BCUT2D eigenvalue weighted by molar-refractivity contribution is 5.39. The molecule has 0 heterocycles. The molecule has 2 N–H and O–H groups in total. The van der Waals surface area contributed by atoms with Gasteiger partial charge >= 0.3 is 0 Å². The number of hydrogen-bond donors (Lipinski definition) is 2. The number of methoxy groups -OCH3 is 1. The molecule has 0 saturated carbocycles. The molecule has 0 spiro atoms. The Hall–Kier alpha value is -1.52. The average Bonchev–Trinajstić information content (AvgIpc) is 2.37. The topological polar surface area (TPSA) is 50.7 Å². The van der Waals surface area contributed by atoms with Crippen molar-refractivity contribution in [2.24, 2.45) is 0 Å². The summed E-state index contributed by atoms with van der Waals surface area (Å²) in [7, 11) is 1.59. The zero-order valence-corrected chi connectivity index (χ0v) is 10.1. The first kappa shape index (κ1) is 13.5. The number of rotatable bonds is 8. The van der Waals surface area contributed by atoms with E-state index in [1.54, 1.807) is 13.2 Å². The summed E-state index contributed by atoms with van der Waals surface area (Å²) in [5.74, 6) is 1.30. The summed E-state index contributed by atoms with van der Waals surface area (Å²) < 4.78 is 10.6. The van der Waals surface area contributed by atoms with Crippen molar-refractivity contribution in [2.75, 3.05) is 26.8 Å². The summed E-state index contributed by atoms with van der Waals surface area (Å²) in [4.78, 5) is 0. The molecule has 4 nitrogen and oxygen atoms in total. The van der Waals surface area contributed by atoms with Gasteiger partial charge in [-0.05, 0) is 12.1 Å². The van der Waals surface area contributed by atoms with E-state index in [0.717, 1.165) is 0 Å². The predicted molar refractivity (Wildman–Crippen MR) is 67.6 cm³/mol. The number of para-hydroxylation sites is 2. The van der Waals surface area contributed by atoms with Crippen LogP contribution in [0.25, 0.3) is 0 Å². The van der Waals surface area contributed by atoms with Crippen molar-refractivity contribution in [3.8, 4) is 11.5 Å². The van der Waals surface area contributed by atoms with Crippen molar-refractivity contribution < 1.29 is 14.6 Å². The van der Waals surface area contributed by atoms with Crippen LogP contribution in [0, 0.1) is 0 Å². The van der Waals surface area contributed by atoms with Gasteiger partial charge in [-0.15, -0.1) is 6.58 Å². The quantitative estimate of drug-likeness (QED) is 0.527. The second-order valence-electron chi connectivity index (χ2n) is 3.56. The summed E-state index contributed by atoms with van der Waals surface area (Å²) >= 11 is 0. The molecule has 0 fully saturated rings. The molecule has 0 aliphatic rings. The van der Waals surface area contributed by atoms with E-state index >= 15 is 0 Å². The zero-order valence-electron chi connectivity index (χ0n) is 10.1. The van der Waals surface area contributed by atoms with Crippen LogP contribution in [0.15, 0.2) is 36.9 Å². The Morgan fingerprint density at radius 1 is 1.41 bits per heavy atom. The fraction of sp³-hybridized carbons (Fsp3) is 0.385. The molecule has 0 radical (unpaired) electrons. The molecule has 0 aliphatic carbocycles. The van der Waals surface area contributed by atoms with E-state index in [0.29, 0.717) is 24.6 Å². The van der Waals surface area contributed by atoms with Gasteiger partial charge in [0.25, 0.3) is 0 Å². The van der Waals surface area contributed by atoms with E-state index in [9.17, 15) is 5.11 Å². The van der Waals surface area contributed by atoms with Gasteiger partial charge in [0.2, 0.25) is 0 Å². The maximum atomic E-state index is 9.64. The molecule has 0 saturated heterocycles. The van der Waals surface area contributed by atoms with Gasteiger partial charge in [-0.1, -0.05) is 18.2 Å². The van der Waals surface area contributed by atoms with Crippen LogP contribution in [0.5, 0.6) is 11.5 Å². The maximum Gasteiger partial charge on any atom is 0.161 e. The molecule has 1 aromatic rings. The highest BCUT2D eigenvalue weighted by atomic mass is 16.5. The van der Waals surface area contributed by atoms with E-state index in [1.807, 2.05) is 24.3 Å². The second kappa shape index (κ2) is 7.70. The molecule has 17 heavy (non-hydrogen) atoms. The molecule has 1 atom stereocenters. The molecule has 1 unspecified atom stereocenters. The molecule has 0 bridgehead atoms. The minimum Gasteiger partial charge on any atom is -0.493 e. The summed E-state index contributed by atoms with van der Waals surface area (Å²) in [5, 5.41) is 12.7. The lowest BCUT2D eigenvalue weighted by atomic mass is 10.3. The minimum atomic E-state index is -0.556. The highest BCUT2D eigenvalue weighted by Crippen LogP contribution is 2.25. The van der Waals surface area contributed by atoms with Gasteiger partial charge in [-0.2, -0.15) is 0 Å². The third-order valence-electron chi connectivity index (χ3n) is 2.17. The first-order valence-corrected chi connectivity index (χ1v) is 5.53. The lowest BCUT2D eigenvalue weighted by Crippen LogP contribution is -2.31. The molecule has 4 heteroatoms. The van der Waals surface area contributed by atoms with Gasteiger partial charge in [0.1, 0.15) is 12.7 Å².